The average Bonchev–Trinajstić information content (AvgIpc) is 3.22. The molecule has 1 aliphatic carbocycles. The van der Waals surface area contributed by atoms with Crippen LogP contribution >= 0.6 is 0 Å². The van der Waals surface area contributed by atoms with Gasteiger partial charge in [0, 0.05) is 18.1 Å². The lowest BCUT2D eigenvalue weighted by Crippen LogP contribution is -2.28. The molecule has 0 saturated heterocycles. The molecule has 0 N–H and O–H groups in total. The lowest BCUT2D eigenvalue weighted by molar-refractivity contribution is -0.384. The third-order valence-electron chi connectivity index (χ3n) is 6.66. The van der Waals surface area contributed by atoms with Crippen molar-refractivity contribution in [2.75, 3.05) is 5.01 Å². The predicted octanol–water partition coefficient (Wildman–Crippen LogP) is 7.01. The zero-order valence-corrected chi connectivity index (χ0v) is 18.9. The summed E-state index contributed by atoms with van der Waals surface area (Å²) in [6.07, 6.45) is 5.48. The van der Waals surface area contributed by atoms with Gasteiger partial charge in [-0.15, -0.1) is 0 Å². The van der Waals surface area contributed by atoms with Crippen molar-refractivity contribution in [1.29, 1.82) is 0 Å². The summed E-state index contributed by atoms with van der Waals surface area (Å²) in [5.41, 5.74) is 8.29. The first-order valence-corrected chi connectivity index (χ1v) is 11.5. The Morgan fingerprint density at radius 1 is 0.939 bits per heavy atom. The Bertz CT molecular complexity index is 1230. The fraction of sp³-hybridized carbons (Fsp3) is 0.250. The third-order valence-corrected chi connectivity index (χ3v) is 6.66. The first kappa shape index (κ1) is 21.1. The second-order valence-electron chi connectivity index (χ2n) is 9.04. The second kappa shape index (κ2) is 8.66. The molecule has 5 heteroatoms. The Kier molecular flexibility index (Phi) is 5.55. The van der Waals surface area contributed by atoms with Gasteiger partial charge in [-0.2, -0.15) is 5.10 Å². The van der Waals surface area contributed by atoms with Gasteiger partial charge in [0.2, 0.25) is 0 Å². The molecule has 1 heterocycles. The summed E-state index contributed by atoms with van der Waals surface area (Å²) < 4.78 is 0. The standard InChI is InChI=1S/C28H27N3O2/c1-19-6-10-21(11-7-19)18-23-4-3-5-26-27(23)29-30(24-14-16-25(17-15-24)31(32)33)28(26)22-12-8-20(2)9-13-22/h6-18,26,28H,3-5H2,1-2H3/b23-18-/t26-,28+/m0/s1. The van der Waals surface area contributed by atoms with Crippen LogP contribution in [0.1, 0.15) is 47.6 Å². The maximum Gasteiger partial charge on any atom is 0.269 e. The number of fused-ring (bicyclic) bond motifs is 1. The zero-order chi connectivity index (χ0) is 22.9. The number of nitro groups is 1. The summed E-state index contributed by atoms with van der Waals surface area (Å²) in [7, 11) is 0. The van der Waals surface area contributed by atoms with Gasteiger partial charge in [0.15, 0.2) is 0 Å². The molecule has 166 valence electrons. The van der Waals surface area contributed by atoms with E-state index in [1.54, 1.807) is 12.1 Å². The predicted molar refractivity (Wildman–Crippen MR) is 133 cm³/mol. The highest BCUT2D eigenvalue weighted by molar-refractivity contribution is 6.08. The van der Waals surface area contributed by atoms with Crippen molar-refractivity contribution < 1.29 is 4.92 Å². The molecule has 3 aromatic rings. The van der Waals surface area contributed by atoms with E-state index in [0.717, 1.165) is 30.7 Å². The number of nitro benzene ring substituents is 1. The molecule has 1 fully saturated rings. The molecule has 5 rings (SSSR count). The van der Waals surface area contributed by atoms with Crippen molar-refractivity contribution in [1.82, 2.24) is 0 Å². The monoisotopic (exact) mass is 437 g/mol. The van der Waals surface area contributed by atoms with Crippen LogP contribution in [0, 0.1) is 29.9 Å². The molecule has 1 saturated carbocycles. The number of anilines is 1. The molecule has 1 aliphatic heterocycles. The maximum atomic E-state index is 11.2. The number of aryl methyl sites for hydroxylation is 2. The van der Waals surface area contributed by atoms with Gasteiger partial charge in [0.05, 0.1) is 22.4 Å². The topological polar surface area (TPSA) is 58.7 Å². The van der Waals surface area contributed by atoms with Crippen LogP contribution in [0.5, 0.6) is 0 Å². The first-order chi connectivity index (χ1) is 16.0. The molecular weight excluding hydrogens is 410 g/mol. The van der Waals surface area contributed by atoms with E-state index < -0.39 is 0 Å². The summed E-state index contributed by atoms with van der Waals surface area (Å²) in [6, 6.07) is 24.1. The summed E-state index contributed by atoms with van der Waals surface area (Å²) in [6.45, 7) is 4.19. The molecule has 0 radical (unpaired) electrons. The highest BCUT2D eigenvalue weighted by Gasteiger charge is 2.41. The van der Waals surface area contributed by atoms with Crippen molar-refractivity contribution in [3.05, 3.63) is 111 Å². The Morgan fingerprint density at radius 2 is 1.58 bits per heavy atom. The number of rotatable bonds is 4. The minimum absolute atomic E-state index is 0.0729. The van der Waals surface area contributed by atoms with Crippen molar-refractivity contribution >= 4 is 23.2 Å². The summed E-state index contributed by atoms with van der Waals surface area (Å²) in [5.74, 6) is 0.286. The van der Waals surface area contributed by atoms with Crippen molar-refractivity contribution in [2.45, 2.75) is 39.2 Å². The number of hydrogen-bond donors (Lipinski definition) is 0. The first-order valence-electron chi connectivity index (χ1n) is 11.5. The largest absolute Gasteiger partial charge is 0.269 e. The molecule has 33 heavy (non-hydrogen) atoms. The van der Waals surface area contributed by atoms with E-state index in [1.165, 1.54) is 27.8 Å². The fourth-order valence-electron chi connectivity index (χ4n) is 4.90. The van der Waals surface area contributed by atoms with E-state index >= 15 is 0 Å². The van der Waals surface area contributed by atoms with Crippen molar-refractivity contribution in [3.8, 4) is 0 Å². The van der Waals surface area contributed by atoms with E-state index in [1.807, 2.05) is 12.1 Å². The van der Waals surface area contributed by atoms with Gasteiger partial charge in [-0.3, -0.25) is 15.1 Å². The molecular formula is C28H27N3O2. The van der Waals surface area contributed by atoms with Gasteiger partial charge in [-0.05, 0) is 68.0 Å². The van der Waals surface area contributed by atoms with Crippen LogP contribution in [0.3, 0.4) is 0 Å². The minimum atomic E-state index is -0.362. The number of hydrazone groups is 1. The van der Waals surface area contributed by atoms with Gasteiger partial charge >= 0.3 is 0 Å². The molecule has 0 unspecified atom stereocenters. The van der Waals surface area contributed by atoms with Crippen LogP contribution in [0.15, 0.2) is 83.5 Å². The Labute approximate surface area is 194 Å². The average molecular weight is 438 g/mol. The van der Waals surface area contributed by atoms with Gasteiger partial charge in [0.1, 0.15) is 0 Å². The van der Waals surface area contributed by atoms with Crippen molar-refractivity contribution in [3.63, 3.8) is 0 Å². The lowest BCUT2D eigenvalue weighted by Gasteiger charge is -2.30. The van der Waals surface area contributed by atoms with Crippen LogP contribution in [-0.4, -0.2) is 10.6 Å². The molecule has 0 spiro atoms. The van der Waals surface area contributed by atoms with Crippen LogP contribution in [0.2, 0.25) is 0 Å². The molecule has 2 aliphatic rings. The summed E-state index contributed by atoms with van der Waals surface area (Å²) in [4.78, 5) is 10.8. The zero-order valence-electron chi connectivity index (χ0n) is 18.9. The third kappa shape index (κ3) is 4.19. The number of non-ortho nitro benzene ring substituents is 1. The van der Waals surface area contributed by atoms with Gasteiger partial charge < -0.3 is 0 Å². The minimum Gasteiger partial charge on any atom is -0.258 e. The molecule has 2 atom stereocenters. The fourth-order valence-corrected chi connectivity index (χ4v) is 4.90. The molecule has 5 nitrogen and oxygen atoms in total. The molecule has 0 amide bonds. The smallest absolute Gasteiger partial charge is 0.258 e. The number of benzene rings is 3. The number of nitrogens with zero attached hydrogens (tertiary/aromatic N) is 3. The molecule has 0 bridgehead atoms. The normalized spacial score (nSPS) is 21.1. The highest BCUT2D eigenvalue weighted by Crippen LogP contribution is 2.46. The summed E-state index contributed by atoms with van der Waals surface area (Å²) in [5, 5.41) is 18.4. The van der Waals surface area contributed by atoms with Crippen LogP contribution in [0.25, 0.3) is 6.08 Å². The Hall–Kier alpha value is -3.73. The SMILES string of the molecule is Cc1ccc(/C=C2/CCC[C@H]3C2=NN(c2ccc([N+](=O)[O-])cc2)[C@@H]3c2ccc(C)cc2)cc1. The number of allylic oxidation sites excluding steroid dienone is 1. The summed E-state index contributed by atoms with van der Waals surface area (Å²) >= 11 is 0. The van der Waals surface area contributed by atoms with E-state index in [2.05, 4.69) is 73.5 Å². The van der Waals surface area contributed by atoms with Gasteiger partial charge in [0.25, 0.3) is 5.69 Å². The van der Waals surface area contributed by atoms with E-state index in [0.29, 0.717) is 0 Å². The lowest BCUT2D eigenvalue weighted by atomic mass is 9.77. The van der Waals surface area contributed by atoms with Crippen molar-refractivity contribution in [2.24, 2.45) is 11.0 Å². The Morgan fingerprint density at radius 3 is 2.21 bits per heavy atom. The molecule has 3 aromatic carbocycles. The van der Waals surface area contributed by atoms with Gasteiger partial charge in [-0.25, -0.2) is 0 Å². The van der Waals surface area contributed by atoms with Gasteiger partial charge in [-0.1, -0.05) is 59.7 Å². The number of hydrogen-bond acceptors (Lipinski definition) is 4. The van der Waals surface area contributed by atoms with Crippen LogP contribution in [0.4, 0.5) is 11.4 Å². The highest BCUT2D eigenvalue weighted by atomic mass is 16.6. The second-order valence-corrected chi connectivity index (χ2v) is 9.04. The van der Waals surface area contributed by atoms with E-state index in [4.69, 9.17) is 5.10 Å². The quantitative estimate of drug-likeness (QED) is 0.326. The van der Waals surface area contributed by atoms with Crippen LogP contribution in [-0.2, 0) is 0 Å². The molecule has 0 aromatic heterocycles. The Balaban J connectivity index is 1.58. The van der Waals surface area contributed by atoms with E-state index in [-0.39, 0.29) is 22.6 Å². The van der Waals surface area contributed by atoms with E-state index in [9.17, 15) is 10.1 Å². The van der Waals surface area contributed by atoms with Crippen LogP contribution < -0.4 is 5.01 Å². The maximum absolute atomic E-state index is 11.2.